The highest BCUT2D eigenvalue weighted by atomic mass is 32.2. The lowest BCUT2D eigenvalue weighted by atomic mass is 10.1. The summed E-state index contributed by atoms with van der Waals surface area (Å²) in [4.78, 5) is 4.25. The molecule has 1 N–H and O–H groups in total. The molecule has 0 aliphatic heterocycles. The maximum atomic E-state index is 4.25. The maximum absolute atomic E-state index is 4.25. The van der Waals surface area contributed by atoms with Crippen molar-refractivity contribution in [2.24, 2.45) is 7.05 Å². The van der Waals surface area contributed by atoms with E-state index in [0.717, 1.165) is 18.8 Å². The van der Waals surface area contributed by atoms with E-state index in [1.54, 1.807) is 6.33 Å². The zero-order chi connectivity index (χ0) is 11.1. The molecule has 1 atom stereocenters. The van der Waals surface area contributed by atoms with Crippen molar-refractivity contribution in [3.8, 4) is 0 Å². The summed E-state index contributed by atoms with van der Waals surface area (Å²) in [5.41, 5.74) is 0. The van der Waals surface area contributed by atoms with Crippen molar-refractivity contribution in [3.63, 3.8) is 0 Å². The van der Waals surface area contributed by atoms with Crippen LogP contribution in [0.4, 0.5) is 0 Å². The first-order valence-corrected chi connectivity index (χ1v) is 6.72. The van der Waals surface area contributed by atoms with Crippen molar-refractivity contribution >= 4 is 11.8 Å². The molecule has 0 aliphatic rings. The predicted octanol–water partition coefficient (Wildman–Crippen LogP) is 1.09. The Balaban J connectivity index is 2.46. The number of thioether (sulfide) groups is 1. The minimum Gasteiger partial charge on any atom is -0.314 e. The van der Waals surface area contributed by atoms with E-state index in [0.29, 0.717) is 6.04 Å². The van der Waals surface area contributed by atoms with Gasteiger partial charge in [0.15, 0.2) is 0 Å². The van der Waals surface area contributed by atoms with Gasteiger partial charge in [-0.25, -0.2) is 4.98 Å². The molecule has 0 saturated carbocycles. The summed E-state index contributed by atoms with van der Waals surface area (Å²) in [7, 11) is 1.94. The summed E-state index contributed by atoms with van der Waals surface area (Å²) in [6.07, 6.45) is 5.91. The third kappa shape index (κ3) is 4.22. The number of nitrogens with zero attached hydrogens (tertiary/aromatic N) is 3. The van der Waals surface area contributed by atoms with Gasteiger partial charge in [0.2, 0.25) is 0 Å². The average Bonchev–Trinajstić information content (AvgIpc) is 2.61. The van der Waals surface area contributed by atoms with E-state index in [4.69, 9.17) is 0 Å². The van der Waals surface area contributed by atoms with Gasteiger partial charge in [0, 0.05) is 19.5 Å². The molecule has 1 aromatic rings. The standard InChI is InChI=1S/C10H20N4S/c1-4-11-9(5-6-15-3)7-10-12-8-13-14(10)2/h8-9,11H,4-7H2,1-3H3. The Morgan fingerprint density at radius 3 is 2.93 bits per heavy atom. The maximum Gasteiger partial charge on any atom is 0.138 e. The molecule has 0 amide bonds. The lowest BCUT2D eigenvalue weighted by molar-refractivity contribution is 0.492. The SMILES string of the molecule is CCNC(CCSC)Cc1ncnn1C. The first-order chi connectivity index (χ1) is 7.27. The summed E-state index contributed by atoms with van der Waals surface area (Å²) in [5.74, 6) is 2.25. The highest BCUT2D eigenvalue weighted by Crippen LogP contribution is 2.05. The van der Waals surface area contributed by atoms with E-state index < -0.39 is 0 Å². The lowest BCUT2D eigenvalue weighted by Gasteiger charge is -2.16. The number of hydrogen-bond acceptors (Lipinski definition) is 4. The van der Waals surface area contributed by atoms with Crippen LogP contribution in [0.15, 0.2) is 6.33 Å². The van der Waals surface area contributed by atoms with Gasteiger partial charge in [-0.3, -0.25) is 4.68 Å². The van der Waals surface area contributed by atoms with E-state index in [9.17, 15) is 0 Å². The molecule has 0 saturated heterocycles. The molecule has 0 fully saturated rings. The summed E-state index contributed by atoms with van der Waals surface area (Å²) in [5, 5.41) is 7.57. The van der Waals surface area contributed by atoms with Gasteiger partial charge in [-0.15, -0.1) is 0 Å². The van der Waals surface area contributed by atoms with Crippen molar-refractivity contribution in [1.82, 2.24) is 20.1 Å². The highest BCUT2D eigenvalue weighted by Gasteiger charge is 2.11. The van der Waals surface area contributed by atoms with Crippen LogP contribution >= 0.6 is 11.8 Å². The van der Waals surface area contributed by atoms with Crippen LogP contribution in [0, 0.1) is 0 Å². The quantitative estimate of drug-likeness (QED) is 0.758. The second-order valence-corrected chi connectivity index (χ2v) is 4.53. The molecule has 0 aromatic carbocycles. The molecule has 1 aromatic heterocycles. The lowest BCUT2D eigenvalue weighted by Crippen LogP contribution is -2.32. The first kappa shape index (κ1) is 12.5. The summed E-state index contributed by atoms with van der Waals surface area (Å²) in [6, 6.07) is 0.519. The zero-order valence-corrected chi connectivity index (χ0v) is 10.5. The van der Waals surface area contributed by atoms with Crippen molar-refractivity contribution in [1.29, 1.82) is 0 Å². The molecule has 0 radical (unpaired) electrons. The van der Waals surface area contributed by atoms with Crippen LogP contribution in [-0.4, -0.2) is 39.4 Å². The Morgan fingerprint density at radius 2 is 2.40 bits per heavy atom. The fourth-order valence-electron chi connectivity index (χ4n) is 1.55. The van der Waals surface area contributed by atoms with Gasteiger partial charge in [0.1, 0.15) is 12.2 Å². The van der Waals surface area contributed by atoms with Crippen LogP contribution in [0.3, 0.4) is 0 Å². The van der Waals surface area contributed by atoms with E-state index in [1.807, 2.05) is 23.5 Å². The number of nitrogens with one attached hydrogen (secondary N) is 1. The minimum atomic E-state index is 0.519. The van der Waals surface area contributed by atoms with E-state index in [1.165, 1.54) is 12.2 Å². The van der Waals surface area contributed by atoms with Gasteiger partial charge in [-0.1, -0.05) is 6.92 Å². The molecule has 0 spiro atoms. The number of aromatic nitrogens is 3. The molecule has 4 nitrogen and oxygen atoms in total. The monoisotopic (exact) mass is 228 g/mol. The van der Waals surface area contributed by atoms with E-state index >= 15 is 0 Å². The second-order valence-electron chi connectivity index (χ2n) is 3.54. The van der Waals surface area contributed by atoms with Gasteiger partial charge in [-0.2, -0.15) is 16.9 Å². The Morgan fingerprint density at radius 1 is 1.60 bits per heavy atom. The Kier molecular flexibility index (Phi) is 5.71. The van der Waals surface area contributed by atoms with E-state index in [-0.39, 0.29) is 0 Å². The van der Waals surface area contributed by atoms with E-state index in [2.05, 4.69) is 28.6 Å². The van der Waals surface area contributed by atoms with Gasteiger partial charge in [-0.05, 0) is 25.0 Å². The molecule has 1 rings (SSSR count). The van der Waals surface area contributed by atoms with Crippen LogP contribution in [0.1, 0.15) is 19.2 Å². The van der Waals surface area contributed by atoms with Crippen LogP contribution in [0.25, 0.3) is 0 Å². The number of hydrogen-bond donors (Lipinski definition) is 1. The number of rotatable bonds is 7. The first-order valence-electron chi connectivity index (χ1n) is 5.33. The molecular formula is C10H20N4S. The Labute approximate surface area is 95.9 Å². The molecule has 5 heteroatoms. The van der Waals surface area contributed by atoms with Gasteiger partial charge in [0.25, 0.3) is 0 Å². The van der Waals surface area contributed by atoms with Gasteiger partial charge < -0.3 is 5.32 Å². The molecular weight excluding hydrogens is 208 g/mol. The van der Waals surface area contributed by atoms with Crippen molar-refractivity contribution in [3.05, 3.63) is 12.2 Å². The van der Waals surface area contributed by atoms with Crippen LogP contribution in [0.5, 0.6) is 0 Å². The fraction of sp³-hybridized carbons (Fsp3) is 0.800. The Bertz CT molecular complexity index is 274. The zero-order valence-electron chi connectivity index (χ0n) is 9.73. The molecule has 1 heterocycles. The molecule has 86 valence electrons. The normalized spacial score (nSPS) is 13.0. The molecule has 0 bridgehead atoms. The van der Waals surface area contributed by atoms with Gasteiger partial charge >= 0.3 is 0 Å². The molecule has 0 aliphatic carbocycles. The smallest absolute Gasteiger partial charge is 0.138 e. The van der Waals surface area contributed by atoms with Crippen LogP contribution in [-0.2, 0) is 13.5 Å². The fourth-order valence-corrected chi connectivity index (χ4v) is 2.07. The number of likely N-dealkylation sites (N-methyl/N-ethyl adjacent to an activating group) is 1. The second kappa shape index (κ2) is 6.85. The van der Waals surface area contributed by atoms with Crippen LogP contribution in [0.2, 0.25) is 0 Å². The molecule has 15 heavy (non-hydrogen) atoms. The number of aryl methyl sites for hydroxylation is 1. The van der Waals surface area contributed by atoms with Crippen molar-refractivity contribution < 1.29 is 0 Å². The van der Waals surface area contributed by atoms with Crippen molar-refractivity contribution in [2.75, 3.05) is 18.6 Å². The predicted molar refractivity (Wildman–Crippen MR) is 65.2 cm³/mol. The highest BCUT2D eigenvalue weighted by molar-refractivity contribution is 7.98. The van der Waals surface area contributed by atoms with Crippen LogP contribution < -0.4 is 5.32 Å². The largest absolute Gasteiger partial charge is 0.314 e. The summed E-state index contributed by atoms with van der Waals surface area (Å²) in [6.45, 7) is 3.15. The van der Waals surface area contributed by atoms with Gasteiger partial charge in [0.05, 0.1) is 0 Å². The topological polar surface area (TPSA) is 42.7 Å². The Hall–Kier alpha value is -0.550. The molecule has 1 unspecified atom stereocenters. The third-order valence-electron chi connectivity index (χ3n) is 2.40. The average molecular weight is 228 g/mol. The summed E-state index contributed by atoms with van der Waals surface area (Å²) >= 11 is 1.89. The summed E-state index contributed by atoms with van der Waals surface area (Å²) < 4.78 is 1.85. The van der Waals surface area contributed by atoms with Crippen molar-refractivity contribution in [2.45, 2.75) is 25.8 Å². The minimum absolute atomic E-state index is 0.519. The third-order valence-corrected chi connectivity index (χ3v) is 3.04.